The molecule has 2 aromatic carbocycles. The van der Waals surface area contributed by atoms with Crippen molar-refractivity contribution < 1.29 is 9.47 Å². The maximum Gasteiger partial charge on any atom is 0.119 e. The van der Waals surface area contributed by atoms with Crippen molar-refractivity contribution >= 4 is 0 Å². The molecule has 0 unspecified atom stereocenters. The molecule has 3 nitrogen and oxygen atoms in total. The lowest BCUT2D eigenvalue weighted by Crippen LogP contribution is -1.98. The van der Waals surface area contributed by atoms with Gasteiger partial charge in [-0.1, -0.05) is 30.7 Å². The van der Waals surface area contributed by atoms with E-state index in [0.29, 0.717) is 5.56 Å². The van der Waals surface area contributed by atoms with E-state index in [1.54, 1.807) is 0 Å². The van der Waals surface area contributed by atoms with E-state index in [4.69, 9.17) is 14.7 Å². The molecule has 3 heteroatoms. The fraction of sp³-hybridized carbons (Fsp3) is 0.381. The van der Waals surface area contributed by atoms with Gasteiger partial charge in [0.05, 0.1) is 18.2 Å². The molecule has 0 radical (unpaired) electrons. The lowest BCUT2D eigenvalue weighted by atomic mass is 10.0. The molecule has 0 saturated carbocycles. The second-order valence-electron chi connectivity index (χ2n) is 5.67. The van der Waals surface area contributed by atoms with Crippen LogP contribution >= 0.6 is 0 Å². The van der Waals surface area contributed by atoms with Crippen molar-refractivity contribution in [2.24, 2.45) is 0 Å². The normalized spacial score (nSPS) is 10.3. The molecule has 0 aliphatic carbocycles. The number of nitrogens with zero attached hydrogens (tertiary/aromatic N) is 1. The third kappa shape index (κ3) is 6.06. The third-order valence-corrected chi connectivity index (χ3v) is 3.86. The highest BCUT2D eigenvalue weighted by molar-refractivity contribution is 5.64. The molecular weight excluding hydrogens is 298 g/mol. The molecule has 0 spiro atoms. The highest BCUT2D eigenvalue weighted by atomic mass is 16.5. The molecule has 0 bridgehead atoms. The first kappa shape index (κ1) is 18.0. The number of rotatable bonds is 10. The second-order valence-corrected chi connectivity index (χ2v) is 5.67. The molecule has 24 heavy (non-hydrogen) atoms. The molecule has 0 aliphatic rings. The van der Waals surface area contributed by atoms with Crippen molar-refractivity contribution in [2.75, 3.05) is 19.8 Å². The molecule has 0 saturated heterocycles. The van der Waals surface area contributed by atoms with Gasteiger partial charge in [0.2, 0.25) is 0 Å². The fourth-order valence-electron chi connectivity index (χ4n) is 2.47. The zero-order valence-electron chi connectivity index (χ0n) is 14.3. The van der Waals surface area contributed by atoms with Crippen LogP contribution in [0, 0.1) is 11.3 Å². The van der Waals surface area contributed by atoms with Crippen molar-refractivity contribution in [3.8, 4) is 22.9 Å². The average Bonchev–Trinajstić information content (AvgIpc) is 2.64. The summed E-state index contributed by atoms with van der Waals surface area (Å²) in [6.07, 6.45) is 4.58. The van der Waals surface area contributed by atoms with Gasteiger partial charge < -0.3 is 9.47 Å². The summed E-state index contributed by atoms with van der Waals surface area (Å²) >= 11 is 0. The SMILES string of the molecule is CCOCCCCCCOc1ccc(-c2ccc(C#N)cc2)cc1. The van der Waals surface area contributed by atoms with E-state index in [-0.39, 0.29) is 0 Å². The van der Waals surface area contributed by atoms with Gasteiger partial charge in [0, 0.05) is 13.2 Å². The Bertz CT molecular complexity index is 626. The van der Waals surface area contributed by atoms with Gasteiger partial charge in [0.15, 0.2) is 0 Å². The number of hydrogen-bond acceptors (Lipinski definition) is 3. The zero-order valence-corrected chi connectivity index (χ0v) is 14.3. The quantitative estimate of drug-likeness (QED) is 0.564. The summed E-state index contributed by atoms with van der Waals surface area (Å²) < 4.78 is 11.1. The predicted octanol–water partition coefficient (Wildman–Crippen LogP) is 5.20. The average molecular weight is 323 g/mol. The minimum absolute atomic E-state index is 0.681. The summed E-state index contributed by atoms with van der Waals surface area (Å²) in [4.78, 5) is 0. The Balaban J connectivity index is 1.71. The van der Waals surface area contributed by atoms with Gasteiger partial charge in [0.1, 0.15) is 5.75 Å². The Morgan fingerprint density at radius 2 is 1.38 bits per heavy atom. The molecule has 2 rings (SSSR count). The van der Waals surface area contributed by atoms with Crippen molar-refractivity contribution in [3.05, 3.63) is 54.1 Å². The molecule has 0 atom stereocenters. The van der Waals surface area contributed by atoms with Crippen LogP contribution < -0.4 is 4.74 Å². The minimum atomic E-state index is 0.681. The minimum Gasteiger partial charge on any atom is -0.494 e. The number of ether oxygens (including phenoxy) is 2. The van der Waals surface area contributed by atoms with E-state index >= 15 is 0 Å². The molecule has 126 valence electrons. The standard InChI is InChI=1S/C21H25NO2/c1-2-23-15-5-3-4-6-16-24-21-13-11-20(12-14-21)19-9-7-18(17-22)8-10-19/h7-14H,2-6,15-16H2,1H3. The van der Waals surface area contributed by atoms with Crippen LogP contribution in [0.25, 0.3) is 11.1 Å². The van der Waals surface area contributed by atoms with Crippen LogP contribution in [-0.4, -0.2) is 19.8 Å². The molecule has 0 amide bonds. The highest BCUT2D eigenvalue weighted by Gasteiger charge is 2.00. The van der Waals surface area contributed by atoms with Crippen molar-refractivity contribution in [1.82, 2.24) is 0 Å². The van der Waals surface area contributed by atoms with E-state index in [1.165, 1.54) is 12.8 Å². The summed E-state index contributed by atoms with van der Waals surface area (Å²) in [7, 11) is 0. The number of hydrogen-bond donors (Lipinski definition) is 0. The Morgan fingerprint density at radius 1 is 0.792 bits per heavy atom. The van der Waals surface area contributed by atoms with Gasteiger partial charge in [-0.3, -0.25) is 0 Å². The Morgan fingerprint density at radius 3 is 1.96 bits per heavy atom. The maximum absolute atomic E-state index is 8.84. The van der Waals surface area contributed by atoms with Crippen LogP contribution in [0.1, 0.15) is 38.2 Å². The number of benzene rings is 2. The van der Waals surface area contributed by atoms with Crippen LogP contribution in [0.2, 0.25) is 0 Å². The Labute approximate surface area is 144 Å². The molecule has 0 heterocycles. The summed E-state index contributed by atoms with van der Waals surface area (Å²) in [5.41, 5.74) is 2.91. The van der Waals surface area contributed by atoms with E-state index in [1.807, 2.05) is 43.3 Å². The van der Waals surface area contributed by atoms with Gasteiger partial charge in [-0.05, 0) is 61.6 Å². The van der Waals surface area contributed by atoms with Gasteiger partial charge in [0.25, 0.3) is 0 Å². The zero-order chi connectivity index (χ0) is 17.0. The lowest BCUT2D eigenvalue weighted by molar-refractivity contribution is 0.142. The number of unbranched alkanes of at least 4 members (excludes halogenated alkanes) is 3. The third-order valence-electron chi connectivity index (χ3n) is 3.86. The van der Waals surface area contributed by atoms with E-state index in [0.717, 1.165) is 49.5 Å². The largest absolute Gasteiger partial charge is 0.494 e. The molecule has 0 N–H and O–H groups in total. The molecule has 2 aromatic rings. The van der Waals surface area contributed by atoms with Crippen LogP contribution in [0.3, 0.4) is 0 Å². The fourth-order valence-corrected chi connectivity index (χ4v) is 2.47. The maximum atomic E-state index is 8.84. The van der Waals surface area contributed by atoms with E-state index in [9.17, 15) is 0 Å². The number of nitriles is 1. The van der Waals surface area contributed by atoms with Crippen LogP contribution in [0.5, 0.6) is 5.75 Å². The van der Waals surface area contributed by atoms with E-state index in [2.05, 4.69) is 18.2 Å². The van der Waals surface area contributed by atoms with Gasteiger partial charge in [-0.2, -0.15) is 5.26 Å². The molecule has 0 fully saturated rings. The van der Waals surface area contributed by atoms with Gasteiger partial charge in [-0.25, -0.2) is 0 Å². The first-order chi connectivity index (χ1) is 11.8. The summed E-state index contributed by atoms with van der Waals surface area (Å²) in [5, 5.41) is 8.84. The van der Waals surface area contributed by atoms with Crippen molar-refractivity contribution in [1.29, 1.82) is 5.26 Å². The van der Waals surface area contributed by atoms with Crippen LogP contribution in [0.15, 0.2) is 48.5 Å². The van der Waals surface area contributed by atoms with E-state index < -0.39 is 0 Å². The first-order valence-corrected chi connectivity index (χ1v) is 8.64. The highest BCUT2D eigenvalue weighted by Crippen LogP contribution is 2.23. The Hall–Kier alpha value is -2.31. The smallest absolute Gasteiger partial charge is 0.119 e. The summed E-state index contributed by atoms with van der Waals surface area (Å²) in [5.74, 6) is 0.904. The molecular formula is C21H25NO2. The molecule has 0 aliphatic heterocycles. The van der Waals surface area contributed by atoms with Crippen molar-refractivity contribution in [3.63, 3.8) is 0 Å². The Kier molecular flexibility index (Phi) is 7.86. The topological polar surface area (TPSA) is 42.2 Å². The van der Waals surface area contributed by atoms with Crippen LogP contribution in [-0.2, 0) is 4.74 Å². The van der Waals surface area contributed by atoms with Gasteiger partial charge >= 0.3 is 0 Å². The van der Waals surface area contributed by atoms with Crippen LogP contribution in [0.4, 0.5) is 0 Å². The second kappa shape index (κ2) is 10.5. The summed E-state index contributed by atoms with van der Waals surface area (Å²) in [6, 6.07) is 17.9. The van der Waals surface area contributed by atoms with Crippen molar-refractivity contribution in [2.45, 2.75) is 32.6 Å². The predicted molar refractivity (Wildman–Crippen MR) is 97.0 cm³/mol. The summed E-state index contributed by atoms with van der Waals surface area (Å²) in [6.45, 7) is 4.46. The monoisotopic (exact) mass is 323 g/mol. The molecule has 0 aromatic heterocycles. The van der Waals surface area contributed by atoms with Gasteiger partial charge in [-0.15, -0.1) is 0 Å². The first-order valence-electron chi connectivity index (χ1n) is 8.64. The lowest BCUT2D eigenvalue weighted by Gasteiger charge is -2.08.